The molecule has 2 aliphatic heterocycles. The number of hydrogen-bond donors (Lipinski definition) is 2. The van der Waals surface area contributed by atoms with Crippen molar-refractivity contribution in [2.45, 2.75) is 44.6 Å². The highest BCUT2D eigenvalue weighted by Gasteiger charge is 2.38. The van der Waals surface area contributed by atoms with Gasteiger partial charge in [0.25, 0.3) is 0 Å². The van der Waals surface area contributed by atoms with Gasteiger partial charge >= 0.3 is 0 Å². The van der Waals surface area contributed by atoms with Crippen molar-refractivity contribution >= 4 is 17.5 Å². The Morgan fingerprint density at radius 3 is 3.00 bits per heavy atom. The van der Waals surface area contributed by atoms with Crippen molar-refractivity contribution in [1.29, 1.82) is 0 Å². The van der Waals surface area contributed by atoms with E-state index < -0.39 is 5.41 Å². The molecule has 1 atom stereocenters. The molecule has 0 aliphatic carbocycles. The van der Waals surface area contributed by atoms with Crippen LogP contribution in [0.2, 0.25) is 0 Å². The Morgan fingerprint density at radius 2 is 2.27 bits per heavy atom. The van der Waals surface area contributed by atoms with Crippen LogP contribution in [-0.2, 0) is 26.2 Å². The van der Waals surface area contributed by atoms with E-state index in [4.69, 9.17) is 4.74 Å². The number of rotatable bonds is 4. The first-order valence-corrected chi connectivity index (χ1v) is 7.82. The largest absolute Gasteiger partial charge is 0.368 e. The number of nitrogens with one attached hydrogen (secondary N) is 2. The van der Waals surface area contributed by atoms with E-state index in [0.29, 0.717) is 13.2 Å². The van der Waals surface area contributed by atoms with Crippen LogP contribution in [0.1, 0.15) is 37.8 Å². The lowest BCUT2D eigenvalue weighted by Gasteiger charge is -2.16. The lowest BCUT2D eigenvalue weighted by atomic mass is 9.85. The van der Waals surface area contributed by atoms with Gasteiger partial charge in [0.05, 0.1) is 5.41 Å². The summed E-state index contributed by atoms with van der Waals surface area (Å²) in [4.78, 5) is 23.8. The van der Waals surface area contributed by atoms with Crippen molar-refractivity contribution in [3.63, 3.8) is 0 Å². The number of amides is 2. The lowest BCUT2D eigenvalue weighted by Crippen LogP contribution is -2.35. The van der Waals surface area contributed by atoms with Gasteiger partial charge < -0.3 is 15.4 Å². The van der Waals surface area contributed by atoms with Crippen LogP contribution in [0.25, 0.3) is 0 Å². The molecule has 22 heavy (non-hydrogen) atoms. The number of ether oxygens (including phenoxy) is 1. The summed E-state index contributed by atoms with van der Waals surface area (Å²) in [5.74, 6) is 0.0159. The van der Waals surface area contributed by atoms with E-state index in [1.165, 1.54) is 0 Å². The van der Waals surface area contributed by atoms with E-state index in [-0.39, 0.29) is 17.9 Å². The normalized spacial score (nSPS) is 22.3. The zero-order valence-corrected chi connectivity index (χ0v) is 13.1. The molecule has 1 saturated heterocycles. The summed E-state index contributed by atoms with van der Waals surface area (Å²) in [6, 6.07) is 6.00. The third-order valence-corrected chi connectivity index (χ3v) is 4.51. The van der Waals surface area contributed by atoms with E-state index in [1.54, 1.807) is 0 Å². The molecule has 1 aromatic rings. The lowest BCUT2D eigenvalue weighted by molar-refractivity contribution is -0.130. The quantitative estimate of drug-likeness (QED) is 0.890. The summed E-state index contributed by atoms with van der Waals surface area (Å²) in [6.07, 6.45) is 2.24. The van der Waals surface area contributed by atoms with E-state index in [2.05, 4.69) is 16.7 Å². The second kappa shape index (κ2) is 5.72. The first-order valence-electron chi connectivity index (χ1n) is 7.82. The highest BCUT2D eigenvalue weighted by atomic mass is 16.5. The van der Waals surface area contributed by atoms with Crippen LogP contribution >= 0.6 is 0 Å². The Bertz CT molecular complexity index is 604. The van der Waals surface area contributed by atoms with Crippen molar-refractivity contribution in [2.75, 3.05) is 18.5 Å². The molecule has 2 N–H and O–H groups in total. The van der Waals surface area contributed by atoms with Crippen LogP contribution in [0.4, 0.5) is 5.69 Å². The fraction of sp³-hybridized carbons (Fsp3) is 0.529. The standard InChI is InChI=1S/C17H22N2O3/c1-17(2)12-10-11(5-6-13(12)19-16(17)21)7-8-18-15(20)14-4-3-9-22-14/h5-6,10,14H,3-4,7-9H2,1-2H3,(H,18,20)(H,19,21). The zero-order valence-electron chi connectivity index (χ0n) is 13.1. The van der Waals surface area contributed by atoms with E-state index in [1.807, 2.05) is 26.0 Å². The molecule has 2 heterocycles. The van der Waals surface area contributed by atoms with E-state index >= 15 is 0 Å². The number of carbonyl (C=O) groups is 2. The van der Waals surface area contributed by atoms with Gasteiger partial charge in [0, 0.05) is 18.8 Å². The predicted molar refractivity (Wildman–Crippen MR) is 83.8 cm³/mol. The number of fused-ring (bicyclic) bond motifs is 1. The minimum atomic E-state index is -0.494. The van der Waals surface area contributed by atoms with E-state index in [0.717, 1.165) is 36.1 Å². The van der Waals surface area contributed by atoms with Crippen LogP contribution in [0.5, 0.6) is 0 Å². The van der Waals surface area contributed by atoms with Crippen LogP contribution < -0.4 is 10.6 Å². The van der Waals surface area contributed by atoms with Gasteiger partial charge in [-0.1, -0.05) is 12.1 Å². The molecule has 1 unspecified atom stereocenters. The van der Waals surface area contributed by atoms with Crippen molar-refractivity contribution in [3.05, 3.63) is 29.3 Å². The molecular weight excluding hydrogens is 280 g/mol. The van der Waals surface area contributed by atoms with Crippen molar-refractivity contribution in [1.82, 2.24) is 5.32 Å². The van der Waals surface area contributed by atoms with Gasteiger partial charge in [0.1, 0.15) is 6.10 Å². The maximum atomic E-state index is 11.9. The molecule has 0 saturated carbocycles. The van der Waals surface area contributed by atoms with Gasteiger partial charge in [0.2, 0.25) is 11.8 Å². The second-order valence-corrected chi connectivity index (χ2v) is 6.50. The molecule has 5 heteroatoms. The SMILES string of the molecule is CC1(C)C(=O)Nc2ccc(CCNC(=O)C3CCCO3)cc21. The van der Waals surface area contributed by atoms with Gasteiger partial charge in [-0.05, 0) is 50.3 Å². The Kier molecular flexibility index (Phi) is 3.91. The van der Waals surface area contributed by atoms with Crippen LogP contribution in [0, 0.1) is 0 Å². The van der Waals surface area contributed by atoms with Crippen LogP contribution in [0.15, 0.2) is 18.2 Å². The topological polar surface area (TPSA) is 67.4 Å². The Balaban J connectivity index is 1.59. The molecule has 2 amide bonds. The molecule has 0 radical (unpaired) electrons. The molecular formula is C17H22N2O3. The highest BCUT2D eigenvalue weighted by Crippen LogP contribution is 2.37. The minimum absolute atomic E-state index is 0.0177. The molecule has 2 aliphatic rings. The predicted octanol–water partition coefficient (Wildman–Crippen LogP) is 1.75. The summed E-state index contributed by atoms with van der Waals surface area (Å²) in [5.41, 5.74) is 2.55. The number of anilines is 1. The Labute approximate surface area is 130 Å². The second-order valence-electron chi connectivity index (χ2n) is 6.50. The molecule has 5 nitrogen and oxygen atoms in total. The monoisotopic (exact) mass is 302 g/mol. The summed E-state index contributed by atoms with van der Waals surface area (Å²) in [6.45, 7) is 5.12. The van der Waals surface area contributed by atoms with Gasteiger partial charge in [-0.3, -0.25) is 9.59 Å². The molecule has 1 fully saturated rings. The van der Waals surface area contributed by atoms with Gasteiger partial charge in [-0.2, -0.15) is 0 Å². The minimum Gasteiger partial charge on any atom is -0.368 e. The number of carbonyl (C=O) groups excluding carboxylic acids is 2. The summed E-state index contributed by atoms with van der Waals surface area (Å²) in [7, 11) is 0. The zero-order chi connectivity index (χ0) is 15.7. The average molecular weight is 302 g/mol. The molecule has 3 rings (SSSR count). The molecule has 0 spiro atoms. The Morgan fingerprint density at radius 1 is 1.45 bits per heavy atom. The van der Waals surface area contributed by atoms with Gasteiger partial charge in [-0.15, -0.1) is 0 Å². The maximum Gasteiger partial charge on any atom is 0.249 e. The van der Waals surface area contributed by atoms with Crippen molar-refractivity contribution in [3.8, 4) is 0 Å². The van der Waals surface area contributed by atoms with Crippen LogP contribution in [0.3, 0.4) is 0 Å². The first kappa shape index (κ1) is 15.0. The van der Waals surface area contributed by atoms with Gasteiger partial charge in [0.15, 0.2) is 0 Å². The van der Waals surface area contributed by atoms with Crippen LogP contribution in [-0.4, -0.2) is 31.1 Å². The maximum absolute atomic E-state index is 11.9. The summed E-state index contributed by atoms with van der Waals surface area (Å²) >= 11 is 0. The molecule has 1 aromatic carbocycles. The molecule has 118 valence electrons. The third-order valence-electron chi connectivity index (χ3n) is 4.51. The summed E-state index contributed by atoms with van der Waals surface area (Å²) in [5, 5.41) is 5.82. The fourth-order valence-corrected chi connectivity index (χ4v) is 3.00. The van der Waals surface area contributed by atoms with Crippen molar-refractivity contribution in [2.24, 2.45) is 0 Å². The fourth-order valence-electron chi connectivity index (χ4n) is 3.00. The smallest absolute Gasteiger partial charge is 0.249 e. The molecule has 0 bridgehead atoms. The van der Waals surface area contributed by atoms with E-state index in [9.17, 15) is 9.59 Å². The Hall–Kier alpha value is -1.88. The highest BCUT2D eigenvalue weighted by molar-refractivity contribution is 6.05. The van der Waals surface area contributed by atoms with Gasteiger partial charge in [-0.25, -0.2) is 0 Å². The first-order chi connectivity index (χ1) is 10.5. The number of hydrogen-bond acceptors (Lipinski definition) is 3. The van der Waals surface area contributed by atoms with Crippen molar-refractivity contribution < 1.29 is 14.3 Å². The summed E-state index contributed by atoms with van der Waals surface area (Å²) < 4.78 is 5.36. The average Bonchev–Trinajstić information content (AvgIpc) is 3.08. The molecule has 0 aromatic heterocycles. The number of benzene rings is 1. The third kappa shape index (κ3) is 2.73.